The van der Waals surface area contributed by atoms with E-state index in [1.165, 1.54) is 10.9 Å². The van der Waals surface area contributed by atoms with Crippen LogP contribution in [0.2, 0.25) is 0 Å². The van der Waals surface area contributed by atoms with E-state index >= 15 is 0 Å². The highest BCUT2D eigenvalue weighted by atomic mass is 32.2. The van der Waals surface area contributed by atoms with Crippen molar-refractivity contribution in [3.05, 3.63) is 129 Å². The number of fused-ring (bicyclic) bond motifs is 3. The van der Waals surface area contributed by atoms with Crippen LogP contribution in [0.3, 0.4) is 0 Å². The summed E-state index contributed by atoms with van der Waals surface area (Å²) in [7, 11) is 0. The molecule has 0 bridgehead atoms. The number of aryl methyl sites for hydroxylation is 1. The number of amides is 1. The summed E-state index contributed by atoms with van der Waals surface area (Å²) in [5.41, 5.74) is 3.15. The van der Waals surface area contributed by atoms with Gasteiger partial charge in [-0.3, -0.25) is 19.3 Å². The lowest BCUT2D eigenvalue weighted by atomic mass is 9.94. The topological polar surface area (TPSA) is 54.8 Å². The van der Waals surface area contributed by atoms with Crippen LogP contribution in [0.25, 0.3) is 0 Å². The predicted octanol–water partition coefficient (Wildman–Crippen LogP) is 6.43. The summed E-state index contributed by atoms with van der Waals surface area (Å²) in [6.45, 7) is 2.20. The van der Waals surface area contributed by atoms with Crippen molar-refractivity contribution in [3.8, 4) is 5.75 Å². The van der Waals surface area contributed by atoms with Gasteiger partial charge in [-0.15, -0.1) is 11.8 Å². The maximum atomic E-state index is 14.2. The first-order valence-electron chi connectivity index (χ1n) is 13.5. The molecule has 0 aliphatic carbocycles. The summed E-state index contributed by atoms with van der Waals surface area (Å²) in [6.07, 6.45) is -3.15. The second-order valence-electron chi connectivity index (χ2n) is 10.4. The van der Waals surface area contributed by atoms with Gasteiger partial charge in [0.2, 0.25) is 5.43 Å². The third-order valence-electron chi connectivity index (χ3n) is 7.77. The van der Waals surface area contributed by atoms with Crippen LogP contribution in [0.4, 0.5) is 13.2 Å². The number of carbonyl (C=O) groups is 1. The standard InChI is InChI=1S/C32H28F3N3O3S/c1-20-16-37-28(30(29(20)39)41-17-22-10-4-3-5-11-22)31(40)36(21(2)32(33,34)35)19-38(37)27-24-13-7-6-12-23(24)18-42-26-15-9-8-14-25(26)27/h3-16,21,27H,17-19H2,1-2H3/t21-,27+/m1/s1. The average Bonchev–Trinajstić information content (AvgIpc) is 3.15. The van der Waals surface area contributed by atoms with E-state index < -0.39 is 29.6 Å². The maximum absolute atomic E-state index is 14.2. The highest BCUT2D eigenvalue weighted by Crippen LogP contribution is 2.43. The Kier molecular flexibility index (Phi) is 7.26. The number of nitrogens with zero attached hydrogens (tertiary/aromatic N) is 3. The van der Waals surface area contributed by atoms with Crippen LogP contribution in [0.1, 0.15) is 51.3 Å². The van der Waals surface area contributed by atoms with Crippen LogP contribution in [-0.4, -0.2) is 34.4 Å². The molecule has 0 unspecified atom stereocenters. The normalized spacial score (nSPS) is 17.2. The second kappa shape index (κ2) is 10.9. The number of thioether (sulfide) groups is 1. The van der Waals surface area contributed by atoms with Crippen molar-refractivity contribution in [1.82, 2.24) is 9.58 Å². The van der Waals surface area contributed by atoms with E-state index in [2.05, 4.69) is 0 Å². The summed E-state index contributed by atoms with van der Waals surface area (Å²) in [4.78, 5) is 29.2. The van der Waals surface area contributed by atoms with Crippen molar-refractivity contribution in [1.29, 1.82) is 0 Å². The molecular weight excluding hydrogens is 563 g/mol. The summed E-state index contributed by atoms with van der Waals surface area (Å²) in [6, 6.07) is 22.0. The number of hydrogen-bond acceptors (Lipinski definition) is 5. The molecule has 3 aromatic carbocycles. The molecule has 3 heterocycles. The Morgan fingerprint density at radius 3 is 2.36 bits per heavy atom. The molecule has 0 radical (unpaired) electrons. The molecule has 0 spiro atoms. The minimum absolute atomic E-state index is 0.0274. The molecule has 6 nitrogen and oxygen atoms in total. The van der Waals surface area contributed by atoms with Crippen LogP contribution in [0.15, 0.2) is 94.7 Å². The Morgan fingerprint density at radius 2 is 1.62 bits per heavy atom. The van der Waals surface area contributed by atoms with Gasteiger partial charge in [-0.1, -0.05) is 72.8 Å². The van der Waals surface area contributed by atoms with Crippen molar-refractivity contribution in [3.63, 3.8) is 0 Å². The molecule has 10 heteroatoms. The van der Waals surface area contributed by atoms with E-state index in [9.17, 15) is 22.8 Å². The Labute approximate surface area is 245 Å². The monoisotopic (exact) mass is 591 g/mol. The Bertz CT molecular complexity index is 1660. The van der Waals surface area contributed by atoms with Gasteiger partial charge in [-0.25, -0.2) is 0 Å². The van der Waals surface area contributed by atoms with Gasteiger partial charge in [0, 0.05) is 22.4 Å². The maximum Gasteiger partial charge on any atom is 0.408 e. The number of pyridine rings is 1. The zero-order valence-electron chi connectivity index (χ0n) is 23.0. The Balaban J connectivity index is 1.58. The van der Waals surface area contributed by atoms with Gasteiger partial charge in [0.1, 0.15) is 19.3 Å². The van der Waals surface area contributed by atoms with Gasteiger partial charge in [0.05, 0.1) is 6.04 Å². The smallest absolute Gasteiger partial charge is 0.408 e. The van der Waals surface area contributed by atoms with Gasteiger partial charge >= 0.3 is 6.18 Å². The number of rotatable bonds is 5. The minimum Gasteiger partial charge on any atom is -0.482 e. The van der Waals surface area contributed by atoms with E-state index in [1.54, 1.807) is 23.7 Å². The molecule has 6 rings (SSSR count). The lowest BCUT2D eigenvalue weighted by Gasteiger charge is -2.46. The van der Waals surface area contributed by atoms with Crippen LogP contribution in [0.5, 0.6) is 5.75 Å². The van der Waals surface area contributed by atoms with Crippen molar-refractivity contribution < 1.29 is 22.7 Å². The van der Waals surface area contributed by atoms with Crippen LogP contribution >= 0.6 is 11.8 Å². The SMILES string of the molecule is Cc1cn2c(c(OCc3ccccc3)c1=O)C(=O)N([C@H](C)C(F)(F)F)CN2[C@H]1c2ccccc2CSc2ccccc21. The van der Waals surface area contributed by atoms with E-state index in [1.807, 2.05) is 78.9 Å². The molecule has 42 heavy (non-hydrogen) atoms. The number of hydrogen-bond donors (Lipinski definition) is 0. The quantitative estimate of drug-likeness (QED) is 0.268. The first kappa shape index (κ1) is 28.0. The summed E-state index contributed by atoms with van der Waals surface area (Å²) < 4.78 is 50.1. The van der Waals surface area contributed by atoms with Gasteiger partial charge in [-0.05, 0) is 42.2 Å². The molecule has 2 aliphatic heterocycles. The highest BCUT2D eigenvalue weighted by Gasteiger charge is 2.48. The van der Waals surface area contributed by atoms with Crippen molar-refractivity contribution in [2.75, 3.05) is 11.7 Å². The van der Waals surface area contributed by atoms with Gasteiger partial charge in [0.25, 0.3) is 5.91 Å². The first-order valence-corrected chi connectivity index (χ1v) is 14.5. The largest absolute Gasteiger partial charge is 0.482 e. The van der Waals surface area contributed by atoms with E-state index in [-0.39, 0.29) is 24.7 Å². The van der Waals surface area contributed by atoms with Crippen molar-refractivity contribution in [2.45, 2.75) is 49.4 Å². The fourth-order valence-corrected chi connectivity index (χ4v) is 6.57. The van der Waals surface area contributed by atoms with Crippen LogP contribution < -0.4 is 15.2 Å². The minimum atomic E-state index is -4.69. The summed E-state index contributed by atoms with van der Waals surface area (Å²) >= 11 is 1.66. The number of carbonyl (C=O) groups excluding carboxylic acids is 1. The summed E-state index contributed by atoms with van der Waals surface area (Å²) in [5, 5.41) is 1.74. The molecule has 1 aromatic heterocycles. The molecule has 1 amide bonds. The Morgan fingerprint density at radius 1 is 0.952 bits per heavy atom. The van der Waals surface area contributed by atoms with E-state index in [4.69, 9.17) is 4.74 Å². The lowest BCUT2D eigenvalue weighted by molar-refractivity contribution is -0.173. The molecule has 0 N–H and O–H groups in total. The molecule has 2 atom stereocenters. The predicted molar refractivity (Wildman–Crippen MR) is 155 cm³/mol. The number of halogens is 3. The van der Waals surface area contributed by atoms with Gasteiger partial charge < -0.3 is 9.64 Å². The average molecular weight is 592 g/mol. The van der Waals surface area contributed by atoms with Crippen molar-refractivity contribution in [2.24, 2.45) is 0 Å². The zero-order chi connectivity index (χ0) is 29.6. The second-order valence-corrected chi connectivity index (χ2v) is 11.5. The number of benzene rings is 3. The van der Waals surface area contributed by atoms with Crippen LogP contribution in [0, 0.1) is 6.92 Å². The number of aromatic nitrogens is 1. The molecule has 0 saturated heterocycles. The molecule has 216 valence electrons. The Hall–Kier alpha value is -4.18. The zero-order valence-corrected chi connectivity index (χ0v) is 23.8. The molecule has 4 aromatic rings. The first-order chi connectivity index (χ1) is 20.1. The molecular formula is C32H28F3N3O3S. The third kappa shape index (κ3) is 4.93. The molecule has 2 aliphatic rings. The van der Waals surface area contributed by atoms with E-state index in [0.717, 1.165) is 39.0 Å². The van der Waals surface area contributed by atoms with Gasteiger partial charge in [-0.2, -0.15) is 13.2 Å². The number of alkyl halides is 3. The summed E-state index contributed by atoms with van der Waals surface area (Å²) in [5.74, 6) is -0.501. The fraction of sp³-hybridized carbons (Fsp3) is 0.250. The van der Waals surface area contributed by atoms with Crippen LogP contribution in [-0.2, 0) is 12.4 Å². The molecule has 0 fully saturated rings. The lowest BCUT2D eigenvalue weighted by Crippen LogP contribution is -2.60. The third-order valence-corrected chi connectivity index (χ3v) is 8.91. The van der Waals surface area contributed by atoms with Gasteiger partial charge in [0.15, 0.2) is 11.4 Å². The highest BCUT2D eigenvalue weighted by molar-refractivity contribution is 7.98. The van der Waals surface area contributed by atoms with Crippen molar-refractivity contribution >= 4 is 17.7 Å². The number of ether oxygens (including phenoxy) is 1. The molecule has 0 saturated carbocycles. The van der Waals surface area contributed by atoms with E-state index in [0.29, 0.717) is 11.3 Å². The fourth-order valence-electron chi connectivity index (χ4n) is 5.48.